The van der Waals surface area contributed by atoms with E-state index >= 15 is 0 Å². The zero-order valence-electron chi connectivity index (χ0n) is 29.5. The second-order valence-electron chi connectivity index (χ2n) is 13.1. The maximum atomic E-state index is 13.5. The molecule has 12 heteroatoms. The third-order valence-electron chi connectivity index (χ3n) is 9.95. The summed E-state index contributed by atoms with van der Waals surface area (Å²) in [4.78, 5) is 49.7. The van der Waals surface area contributed by atoms with Crippen molar-refractivity contribution in [3.8, 4) is 33.8 Å². The van der Waals surface area contributed by atoms with Gasteiger partial charge in [-0.2, -0.15) is 0 Å². The lowest BCUT2D eigenvalue weighted by Gasteiger charge is -2.23. The molecule has 0 saturated heterocycles. The van der Waals surface area contributed by atoms with Gasteiger partial charge in [0.2, 0.25) is 0 Å². The van der Waals surface area contributed by atoms with Gasteiger partial charge in [-0.1, -0.05) is 0 Å². The minimum absolute atomic E-state index is 0.0658. The zero-order chi connectivity index (χ0) is 35.9. The summed E-state index contributed by atoms with van der Waals surface area (Å²) in [5.41, 5.74) is 7.40. The summed E-state index contributed by atoms with van der Waals surface area (Å²) >= 11 is 0. The molecule has 4 aromatic heterocycles. The third-order valence-corrected chi connectivity index (χ3v) is 9.95. The van der Waals surface area contributed by atoms with Gasteiger partial charge >= 0.3 is 0 Å². The van der Waals surface area contributed by atoms with Crippen molar-refractivity contribution in [3.63, 3.8) is 0 Å². The number of carbonyl (C=O) groups is 2. The number of hydrogen-bond acceptors (Lipinski definition) is 12. The minimum atomic E-state index is -0.0658. The second kappa shape index (κ2) is 13.6. The number of ketones is 2. The van der Waals surface area contributed by atoms with E-state index < -0.39 is 0 Å². The molecule has 8 rings (SSSR count). The second-order valence-corrected chi connectivity index (χ2v) is 13.1. The molecule has 4 heterocycles. The summed E-state index contributed by atoms with van der Waals surface area (Å²) in [6.07, 6.45) is 6.70. The van der Waals surface area contributed by atoms with E-state index in [9.17, 15) is 9.59 Å². The Morgan fingerprint density at radius 3 is 1.44 bits per heavy atom. The molecule has 2 N–H and O–H groups in total. The van der Waals surface area contributed by atoms with Crippen molar-refractivity contribution in [1.82, 2.24) is 29.7 Å². The number of nitrogens with one attached hydrogen (secondary N) is 2. The largest absolute Gasteiger partial charge is 0.497 e. The van der Waals surface area contributed by atoms with E-state index in [-0.39, 0.29) is 11.6 Å². The number of methoxy groups -OCH3 is 2. The number of likely N-dealkylation sites (N-methyl/N-ethyl adjacent to an activating group) is 2. The average Bonchev–Trinajstić information content (AvgIpc) is 3.65. The van der Waals surface area contributed by atoms with Crippen molar-refractivity contribution in [2.45, 2.75) is 0 Å². The summed E-state index contributed by atoms with van der Waals surface area (Å²) in [5, 5.41) is 8.73. The Labute approximate surface area is 300 Å². The van der Waals surface area contributed by atoms with Gasteiger partial charge in [0.05, 0.1) is 36.4 Å². The molecule has 12 nitrogen and oxygen atoms in total. The van der Waals surface area contributed by atoms with E-state index in [4.69, 9.17) is 19.4 Å². The fourth-order valence-corrected chi connectivity index (χ4v) is 7.15. The average molecular weight is 695 g/mol. The van der Waals surface area contributed by atoms with E-state index in [2.05, 4.69) is 44.5 Å². The molecule has 0 spiro atoms. The van der Waals surface area contributed by atoms with Crippen LogP contribution in [0.15, 0.2) is 73.3 Å². The van der Waals surface area contributed by atoms with Crippen LogP contribution >= 0.6 is 0 Å². The van der Waals surface area contributed by atoms with Crippen molar-refractivity contribution >= 4 is 45.0 Å². The van der Waals surface area contributed by atoms with Gasteiger partial charge in [0.25, 0.3) is 0 Å². The molecule has 262 valence electrons. The maximum Gasteiger partial charge on any atom is 0.199 e. The highest BCUT2D eigenvalue weighted by Crippen LogP contribution is 2.45. The molecule has 2 aliphatic rings. The number of ether oxygens (including phenoxy) is 2. The number of anilines is 2. The number of pyridine rings is 4. The number of carbonyl (C=O) groups excluding carboxylic acids is 2. The SMILES string of the molecule is COc1ccc2c3c(c(NCCN(C)CCN(C)CCNc4nc5cc(OC)ccc5c5c4C(=O)c4cnccc4-5)nc2c1)C(=O)c1cnccc1-3. The summed E-state index contributed by atoms with van der Waals surface area (Å²) in [6.45, 7) is 4.37. The normalized spacial score (nSPS) is 12.7. The molecule has 0 unspecified atom stereocenters. The maximum absolute atomic E-state index is 13.5. The molecule has 52 heavy (non-hydrogen) atoms. The molecule has 6 aromatic rings. The van der Waals surface area contributed by atoms with Crippen LogP contribution < -0.4 is 20.1 Å². The van der Waals surface area contributed by atoms with Gasteiger partial charge in [-0.3, -0.25) is 19.6 Å². The molecule has 0 saturated carbocycles. The molecular formula is C40H38N8O4. The van der Waals surface area contributed by atoms with Crippen molar-refractivity contribution in [2.75, 3.05) is 78.2 Å². The van der Waals surface area contributed by atoms with Gasteiger partial charge in [0.15, 0.2) is 11.6 Å². The van der Waals surface area contributed by atoms with Crippen LogP contribution in [0.4, 0.5) is 11.6 Å². The highest BCUT2D eigenvalue weighted by Gasteiger charge is 2.34. The first-order valence-electron chi connectivity index (χ1n) is 17.2. The topological polar surface area (TPSA) is 135 Å². The Morgan fingerprint density at radius 1 is 0.577 bits per heavy atom. The highest BCUT2D eigenvalue weighted by atomic mass is 16.5. The van der Waals surface area contributed by atoms with E-state index in [1.807, 2.05) is 48.5 Å². The Morgan fingerprint density at radius 2 is 1.02 bits per heavy atom. The standard InChI is InChI=1S/C40H38N8O4/c1-47(15-13-43-39-35-33(25-9-11-41-21-29(25)37(35)49)27-7-5-23(51-3)19-31(27)45-39)17-18-48(2)16-14-44-40-36-34(26-10-12-42-22-30(26)38(36)50)28-8-6-24(52-4)20-32(28)46-40/h5-12,19-22H,13-18H2,1-4H3,(H,43,45)(H,44,46). The number of aromatic nitrogens is 4. The van der Waals surface area contributed by atoms with Crippen molar-refractivity contribution < 1.29 is 19.1 Å². The van der Waals surface area contributed by atoms with Gasteiger partial charge < -0.3 is 29.9 Å². The molecule has 0 aliphatic heterocycles. The Balaban J connectivity index is 0.898. The lowest BCUT2D eigenvalue weighted by molar-refractivity contribution is 0.103. The van der Waals surface area contributed by atoms with Crippen LogP contribution in [0.2, 0.25) is 0 Å². The number of benzene rings is 2. The summed E-state index contributed by atoms with van der Waals surface area (Å²) in [7, 11) is 7.43. The Bertz CT molecular complexity index is 2230. The molecule has 0 atom stereocenters. The minimum Gasteiger partial charge on any atom is -0.497 e. The number of hydrogen-bond donors (Lipinski definition) is 2. The molecule has 0 fully saturated rings. The van der Waals surface area contributed by atoms with Gasteiger partial charge in [-0.15, -0.1) is 0 Å². The van der Waals surface area contributed by atoms with Gasteiger partial charge in [-0.05, 0) is 61.6 Å². The van der Waals surface area contributed by atoms with Crippen LogP contribution in [0.5, 0.6) is 11.5 Å². The van der Waals surface area contributed by atoms with Crippen molar-refractivity contribution in [1.29, 1.82) is 0 Å². The molecule has 2 aliphatic carbocycles. The first-order valence-corrected chi connectivity index (χ1v) is 17.2. The molecule has 0 bridgehead atoms. The van der Waals surface area contributed by atoms with E-state index in [0.29, 0.717) is 58.5 Å². The summed E-state index contributed by atoms with van der Waals surface area (Å²) in [5.74, 6) is 2.42. The van der Waals surface area contributed by atoms with Crippen molar-refractivity contribution in [3.05, 3.63) is 95.6 Å². The molecule has 0 radical (unpaired) electrons. The van der Waals surface area contributed by atoms with Crippen LogP contribution in [0, 0.1) is 0 Å². The summed E-state index contributed by atoms with van der Waals surface area (Å²) in [6, 6.07) is 15.3. The Kier molecular flexibility index (Phi) is 8.69. The van der Waals surface area contributed by atoms with E-state index in [1.165, 1.54) is 0 Å². The van der Waals surface area contributed by atoms with Gasteiger partial charge in [0, 0.05) is 109 Å². The first kappa shape index (κ1) is 33.2. The van der Waals surface area contributed by atoms with Crippen LogP contribution in [0.1, 0.15) is 31.8 Å². The monoisotopic (exact) mass is 694 g/mol. The van der Waals surface area contributed by atoms with E-state index in [1.54, 1.807) is 39.0 Å². The molecular weight excluding hydrogens is 656 g/mol. The van der Waals surface area contributed by atoms with Crippen molar-refractivity contribution in [2.24, 2.45) is 0 Å². The van der Waals surface area contributed by atoms with Crippen LogP contribution in [0.25, 0.3) is 44.1 Å². The lowest BCUT2D eigenvalue weighted by Crippen LogP contribution is -2.35. The van der Waals surface area contributed by atoms with Crippen LogP contribution in [-0.4, -0.2) is 109 Å². The fourth-order valence-electron chi connectivity index (χ4n) is 7.15. The number of nitrogens with zero attached hydrogens (tertiary/aromatic N) is 6. The predicted octanol–water partition coefficient (Wildman–Crippen LogP) is 5.40. The highest BCUT2D eigenvalue weighted by molar-refractivity contribution is 6.28. The van der Waals surface area contributed by atoms with E-state index in [0.717, 1.165) is 70.2 Å². The Hall–Kier alpha value is -5.98. The fraction of sp³-hybridized carbons (Fsp3) is 0.250. The smallest absolute Gasteiger partial charge is 0.199 e. The predicted molar refractivity (Wildman–Crippen MR) is 202 cm³/mol. The van der Waals surface area contributed by atoms with Gasteiger partial charge in [0.1, 0.15) is 23.1 Å². The number of rotatable bonds is 13. The molecule has 0 amide bonds. The van der Waals surface area contributed by atoms with Crippen LogP contribution in [-0.2, 0) is 0 Å². The third kappa shape index (κ3) is 5.75. The van der Waals surface area contributed by atoms with Crippen LogP contribution in [0.3, 0.4) is 0 Å². The molecule has 2 aromatic carbocycles. The lowest BCUT2D eigenvalue weighted by atomic mass is 10.0. The quantitative estimate of drug-likeness (QED) is 0.160. The summed E-state index contributed by atoms with van der Waals surface area (Å²) < 4.78 is 10.9. The number of fused-ring (bicyclic) bond motifs is 10. The first-order chi connectivity index (χ1) is 25.4. The zero-order valence-corrected chi connectivity index (χ0v) is 29.5. The van der Waals surface area contributed by atoms with Gasteiger partial charge in [-0.25, -0.2) is 9.97 Å².